The smallest absolute Gasteiger partial charge is 0.234 e. The molecule has 1 aromatic rings. The summed E-state index contributed by atoms with van der Waals surface area (Å²) in [5.74, 6) is -1.34. The average molecular weight is 412 g/mol. The first-order valence-electron chi connectivity index (χ1n) is 10.8. The maximum Gasteiger partial charge on any atom is 0.234 e. The van der Waals surface area contributed by atoms with Gasteiger partial charge in [-0.25, -0.2) is 4.39 Å². The zero-order valence-electron chi connectivity index (χ0n) is 16.8. The van der Waals surface area contributed by atoms with Crippen LogP contribution in [-0.2, 0) is 14.3 Å². The van der Waals surface area contributed by atoms with Gasteiger partial charge in [0.05, 0.1) is 30.6 Å². The van der Waals surface area contributed by atoms with Gasteiger partial charge in [0.1, 0.15) is 11.4 Å². The molecule has 0 aromatic heterocycles. The van der Waals surface area contributed by atoms with Crippen LogP contribution in [0.2, 0.25) is 0 Å². The summed E-state index contributed by atoms with van der Waals surface area (Å²) in [5, 5.41) is 10.3. The number of hydrogen-bond donors (Lipinski definition) is 1. The van der Waals surface area contributed by atoms with Gasteiger partial charge < -0.3 is 19.6 Å². The molecule has 30 heavy (non-hydrogen) atoms. The Labute approximate surface area is 174 Å². The molecule has 7 atom stereocenters. The first-order chi connectivity index (χ1) is 14.4. The van der Waals surface area contributed by atoms with E-state index in [1.54, 1.807) is 17.9 Å². The van der Waals surface area contributed by atoms with Crippen LogP contribution in [0, 0.1) is 36.4 Å². The third-order valence-corrected chi connectivity index (χ3v) is 7.93. The van der Waals surface area contributed by atoms with Crippen LogP contribution in [0.15, 0.2) is 30.4 Å². The predicted octanol–water partition coefficient (Wildman–Crippen LogP) is 1.65. The number of aliphatic hydroxyl groups excluding tert-OH is 1. The Kier molecular flexibility index (Phi) is 3.79. The summed E-state index contributed by atoms with van der Waals surface area (Å²) >= 11 is 0. The van der Waals surface area contributed by atoms with Crippen molar-refractivity contribution in [1.82, 2.24) is 4.90 Å². The van der Waals surface area contributed by atoms with Crippen LogP contribution in [0.4, 0.5) is 10.1 Å². The number of fused-ring (bicyclic) bond motifs is 3. The number of rotatable bonds is 2. The maximum absolute atomic E-state index is 13.6. The number of carbonyl (C=O) groups is 2. The number of piperidine rings is 1. The number of amides is 2. The first kappa shape index (κ1) is 18.5. The van der Waals surface area contributed by atoms with E-state index in [0.29, 0.717) is 30.9 Å². The molecule has 1 aromatic carbocycles. The van der Waals surface area contributed by atoms with Crippen molar-refractivity contribution in [2.45, 2.75) is 37.6 Å². The number of nitrogens with zero attached hydrogens (tertiary/aromatic N) is 2. The molecule has 0 radical (unpaired) electrons. The van der Waals surface area contributed by atoms with Gasteiger partial charge in [0, 0.05) is 30.6 Å². The fraction of sp³-hybridized carbons (Fsp3) is 0.565. The van der Waals surface area contributed by atoms with Crippen LogP contribution in [0.3, 0.4) is 0 Å². The van der Waals surface area contributed by atoms with E-state index in [1.807, 2.05) is 17.1 Å². The number of anilines is 1. The summed E-state index contributed by atoms with van der Waals surface area (Å²) in [6.45, 7) is 3.23. The highest BCUT2D eigenvalue weighted by Gasteiger charge is 2.67. The molecule has 7 heteroatoms. The summed E-state index contributed by atoms with van der Waals surface area (Å²) in [7, 11) is 0. The summed E-state index contributed by atoms with van der Waals surface area (Å²) < 4.78 is 19.8. The standard InChI is InChI=1S/C23H25FN2O4/c1-12-8-15(24)4-5-16(12)26-11-23-7-6-17(30-23)18(19(23)22(26)29)21(28)25-9-13-2-3-14(10-25)20(13)27/h4-8,13-14,17-20,27H,2-3,9-11H2,1H3/t13-,14+,17-,18-,19-,20?,23-/m0/s1. The molecule has 4 aliphatic heterocycles. The van der Waals surface area contributed by atoms with Crippen molar-refractivity contribution in [2.24, 2.45) is 23.7 Å². The molecular weight excluding hydrogens is 387 g/mol. The van der Waals surface area contributed by atoms with Crippen molar-refractivity contribution in [3.05, 3.63) is 41.7 Å². The van der Waals surface area contributed by atoms with E-state index >= 15 is 0 Å². The predicted molar refractivity (Wildman–Crippen MR) is 106 cm³/mol. The lowest BCUT2D eigenvalue weighted by molar-refractivity contribution is -0.144. The van der Waals surface area contributed by atoms with E-state index in [4.69, 9.17) is 4.74 Å². The Hall–Kier alpha value is -2.25. The Morgan fingerprint density at radius 1 is 1.27 bits per heavy atom. The van der Waals surface area contributed by atoms with E-state index in [9.17, 15) is 19.1 Å². The lowest BCUT2D eigenvalue weighted by atomic mass is 9.76. The summed E-state index contributed by atoms with van der Waals surface area (Å²) in [6, 6.07) is 4.39. The Morgan fingerprint density at radius 3 is 2.70 bits per heavy atom. The van der Waals surface area contributed by atoms with Crippen molar-refractivity contribution in [3.8, 4) is 0 Å². The molecule has 1 aliphatic carbocycles. The molecule has 4 fully saturated rings. The second-order valence-corrected chi connectivity index (χ2v) is 9.59. The largest absolute Gasteiger partial charge is 0.392 e. The van der Waals surface area contributed by atoms with Crippen LogP contribution in [0.5, 0.6) is 0 Å². The summed E-state index contributed by atoms with van der Waals surface area (Å²) in [6.07, 6.45) is 5.05. The summed E-state index contributed by atoms with van der Waals surface area (Å²) in [5.41, 5.74) is 0.552. The molecule has 4 bridgehead atoms. The van der Waals surface area contributed by atoms with E-state index in [2.05, 4.69) is 0 Å². The topological polar surface area (TPSA) is 70.1 Å². The number of ether oxygens (including phenoxy) is 1. The van der Waals surface area contributed by atoms with Gasteiger partial charge in [0.25, 0.3) is 0 Å². The number of aryl methyl sites for hydroxylation is 1. The lowest BCUT2D eigenvalue weighted by Gasteiger charge is -2.38. The normalized spacial score (nSPS) is 41.1. The van der Waals surface area contributed by atoms with Gasteiger partial charge in [-0.15, -0.1) is 0 Å². The van der Waals surface area contributed by atoms with E-state index < -0.39 is 17.4 Å². The second kappa shape index (κ2) is 6.14. The number of hydrogen-bond acceptors (Lipinski definition) is 4. The summed E-state index contributed by atoms with van der Waals surface area (Å²) in [4.78, 5) is 30.6. The van der Waals surface area contributed by atoms with Crippen molar-refractivity contribution >= 4 is 17.5 Å². The molecule has 1 saturated carbocycles. The van der Waals surface area contributed by atoms with Crippen LogP contribution in [0.25, 0.3) is 0 Å². The van der Waals surface area contributed by atoms with Crippen molar-refractivity contribution < 1.29 is 23.8 Å². The Balaban J connectivity index is 1.31. The highest BCUT2D eigenvalue weighted by molar-refractivity contribution is 6.03. The highest BCUT2D eigenvalue weighted by Crippen LogP contribution is 2.53. The van der Waals surface area contributed by atoms with Crippen molar-refractivity contribution in [3.63, 3.8) is 0 Å². The second-order valence-electron chi connectivity index (χ2n) is 9.59. The minimum atomic E-state index is -0.794. The molecule has 6 nitrogen and oxygen atoms in total. The molecule has 4 heterocycles. The van der Waals surface area contributed by atoms with Gasteiger partial charge in [-0.1, -0.05) is 12.2 Å². The maximum atomic E-state index is 13.6. The van der Waals surface area contributed by atoms with Crippen LogP contribution in [0.1, 0.15) is 18.4 Å². The van der Waals surface area contributed by atoms with E-state index in [-0.39, 0.29) is 41.7 Å². The SMILES string of the molecule is Cc1cc(F)ccc1N1C[C@]23C=C[C@H](O2)[C@H](C(=O)N2C[C@H]4CC[C@@H](C2)C4O)[C@H]3C1=O. The molecule has 1 spiro atoms. The molecule has 158 valence electrons. The fourth-order valence-electron chi connectivity index (χ4n) is 6.49. The molecule has 2 amide bonds. The van der Waals surface area contributed by atoms with Gasteiger partial charge in [0.2, 0.25) is 11.8 Å². The van der Waals surface area contributed by atoms with Crippen LogP contribution >= 0.6 is 0 Å². The molecule has 3 saturated heterocycles. The third-order valence-electron chi connectivity index (χ3n) is 7.93. The van der Waals surface area contributed by atoms with E-state index in [1.165, 1.54) is 12.1 Å². The van der Waals surface area contributed by atoms with Crippen molar-refractivity contribution in [1.29, 1.82) is 0 Å². The number of likely N-dealkylation sites (tertiary alicyclic amines) is 1. The number of carbonyl (C=O) groups excluding carboxylic acids is 2. The van der Waals surface area contributed by atoms with Crippen molar-refractivity contribution in [2.75, 3.05) is 24.5 Å². The molecule has 5 aliphatic rings. The lowest BCUT2D eigenvalue weighted by Crippen LogP contribution is -2.52. The molecule has 1 unspecified atom stereocenters. The molecule has 6 rings (SSSR count). The fourth-order valence-corrected chi connectivity index (χ4v) is 6.49. The van der Waals surface area contributed by atoms with Gasteiger partial charge in [0.15, 0.2) is 0 Å². The highest BCUT2D eigenvalue weighted by atomic mass is 19.1. The van der Waals surface area contributed by atoms with Gasteiger partial charge in [-0.05, 0) is 43.5 Å². The number of halogens is 1. The van der Waals surface area contributed by atoms with Crippen LogP contribution in [-0.4, -0.2) is 59.3 Å². The third kappa shape index (κ3) is 2.36. The Morgan fingerprint density at radius 2 is 2.00 bits per heavy atom. The minimum Gasteiger partial charge on any atom is -0.392 e. The van der Waals surface area contributed by atoms with Gasteiger partial charge >= 0.3 is 0 Å². The quantitative estimate of drug-likeness (QED) is 0.750. The molecule has 1 N–H and O–H groups in total. The first-order valence-corrected chi connectivity index (χ1v) is 10.8. The van der Waals surface area contributed by atoms with Gasteiger partial charge in [-0.3, -0.25) is 9.59 Å². The molecular formula is C23H25FN2O4. The van der Waals surface area contributed by atoms with E-state index in [0.717, 1.165) is 12.8 Å². The monoisotopic (exact) mass is 412 g/mol. The minimum absolute atomic E-state index is 0.0361. The zero-order chi connectivity index (χ0) is 20.8. The number of benzene rings is 1. The Bertz CT molecular complexity index is 966. The zero-order valence-corrected chi connectivity index (χ0v) is 16.8. The van der Waals surface area contributed by atoms with Crippen LogP contribution < -0.4 is 4.90 Å². The number of aliphatic hydroxyl groups is 1. The average Bonchev–Trinajstić information content (AvgIpc) is 3.39. The van der Waals surface area contributed by atoms with Gasteiger partial charge in [-0.2, -0.15) is 0 Å².